The average molecular weight is 288 g/mol. The maximum Gasteiger partial charge on any atom is 0.0385 e. The lowest BCUT2D eigenvalue weighted by Crippen LogP contribution is -2.00. The fraction of sp³-hybridized carbons (Fsp3) is 0.100. The lowest BCUT2D eigenvalue weighted by atomic mass is 9.93. The molecule has 0 spiro atoms. The van der Waals surface area contributed by atoms with Crippen molar-refractivity contribution in [1.29, 1.82) is 0 Å². The van der Waals surface area contributed by atoms with Gasteiger partial charge in [0.2, 0.25) is 0 Å². The molecule has 4 rings (SSSR count). The van der Waals surface area contributed by atoms with Crippen LogP contribution in [0.5, 0.6) is 0 Å². The summed E-state index contributed by atoms with van der Waals surface area (Å²) in [5, 5.41) is 3.17. The van der Waals surface area contributed by atoms with Crippen molar-refractivity contribution >= 4 is 28.6 Å². The third-order valence-corrected chi connectivity index (χ3v) is 5.24. The first kappa shape index (κ1) is 12.7. The Labute approximate surface area is 129 Å². The molecule has 102 valence electrons. The molecule has 1 aliphatic rings. The molecular formula is C20H16S. The fourth-order valence-corrected chi connectivity index (χ4v) is 4.10. The first-order valence-electron chi connectivity index (χ1n) is 7.31. The van der Waals surface area contributed by atoms with Crippen molar-refractivity contribution in [3.63, 3.8) is 0 Å². The molecule has 1 atom stereocenters. The normalized spacial score (nSPS) is 16.9. The smallest absolute Gasteiger partial charge is 0.0385 e. The summed E-state index contributed by atoms with van der Waals surface area (Å²) in [6.45, 7) is 0. The second kappa shape index (κ2) is 5.42. The lowest BCUT2D eigenvalue weighted by Gasteiger charge is -2.22. The second-order valence-corrected chi connectivity index (χ2v) is 6.66. The Morgan fingerprint density at radius 1 is 0.810 bits per heavy atom. The van der Waals surface area contributed by atoms with Crippen molar-refractivity contribution in [3.05, 3.63) is 83.9 Å². The highest BCUT2D eigenvalue weighted by molar-refractivity contribution is 7.99. The molecule has 0 saturated heterocycles. The van der Waals surface area contributed by atoms with Crippen LogP contribution in [0.1, 0.15) is 22.8 Å². The molecule has 0 aromatic heterocycles. The number of hydrogen-bond donors (Lipinski definition) is 0. The summed E-state index contributed by atoms with van der Waals surface area (Å²) in [4.78, 5) is 1.34. The van der Waals surface area contributed by atoms with Crippen LogP contribution in [0.4, 0.5) is 0 Å². The van der Waals surface area contributed by atoms with Gasteiger partial charge in [-0.25, -0.2) is 0 Å². The van der Waals surface area contributed by atoms with Gasteiger partial charge in [0.05, 0.1) is 0 Å². The molecule has 1 heteroatoms. The summed E-state index contributed by atoms with van der Waals surface area (Å²) in [5.74, 6) is 0. The minimum absolute atomic E-state index is 0.511. The third kappa shape index (κ3) is 2.50. The average Bonchev–Trinajstić information content (AvgIpc) is 2.54. The molecule has 0 nitrogen and oxygen atoms in total. The lowest BCUT2D eigenvalue weighted by molar-refractivity contribution is 0.956. The van der Waals surface area contributed by atoms with E-state index >= 15 is 0 Å². The quantitative estimate of drug-likeness (QED) is 0.550. The zero-order valence-electron chi connectivity index (χ0n) is 11.7. The number of hydrogen-bond acceptors (Lipinski definition) is 1. The van der Waals surface area contributed by atoms with Gasteiger partial charge in [0, 0.05) is 10.1 Å². The topological polar surface area (TPSA) is 0 Å². The summed E-state index contributed by atoms with van der Waals surface area (Å²) in [5.41, 5.74) is 2.83. The molecule has 1 aliphatic carbocycles. The zero-order chi connectivity index (χ0) is 14.1. The molecule has 0 bridgehead atoms. The number of fused-ring (bicyclic) bond motifs is 2. The van der Waals surface area contributed by atoms with E-state index < -0.39 is 0 Å². The van der Waals surface area contributed by atoms with Crippen LogP contribution in [0.3, 0.4) is 0 Å². The predicted molar refractivity (Wildman–Crippen MR) is 92.6 cm³/mol. The van der Waals surface area contributed by atoms with Crippen molar-refractivity contribution in [2.75, 3.05) is 0 Å². The summed E-state index contributed by atoms with van der Waals surface area (Å²) in [7, 11) is 0. The Kier molecular flexibility index (Phi) is 3.28. The predicted octanol–water partition coefficient (Wildman–Crippen LogP) is 6.09. The maximum absolute atomic E-state index is 2.37. The molecule has 3 aromatic rings. The molecule has 0 fully saturated rings. The van der Waals surface area contributed by atoms with Gasteiger partial charge in [0.15, 0.2) is 0 Å². The highest BCUT2D eigenvalue weighted by Gasteiger charge is 2.18. The van der Waals surface area contributed by atoms with Gasteiger partial charge in [-0.3, -0.25) is 0 Å². The molecule has 0 saturated carbocycles. The van der Waals surface area contributed by atoms with Crippen LogP contribution < -0.4 is 0 Å². The number of benzene rings is 3. The van der Waals surface area contributed by atoms with E-state index in [9.17, 15) is 0 Å². The monoisotopic (exact) mass is 288 g/mol. The van der Waals surface area contributed by atoms with Gasteiger partial charge in [-0.05, 0) is 52.6 Å². The minimum Gasteiger partial charge on any atom is -0.118 e. The van der Waals surface area contributed by atoms with Crippen LogP contribution in [0.15, 0.2) is 77.7 Å². The van der Waals surface area contributed by atoms with Crippen LogP contribution in [-0.2, 0) is 0 Å². The van der Waals surface area contributed by atoms with E-state index in [1.807, 2.05) is 11.8 Å². The number of rotatable bonds is 2. The van der Waals surface area contributed by atoms with E-state index in [-0.39, 0.29) is 0 Å². The third-order valence-electron chi connectivity index (χ3n) is 3.97. The van der Waals surface area contributed by atoms with Gasteiger partial charge in [0.25, 0.3) is 0 Å². The SMILES string of the molecule is C1=Cc2cc3ccccc3cc2C(Sc2ccccc2)C1. The van der Waals surface area contributed by atoms with E-state index in [0.29, 0.717) is 5.25 Å². The van der Waals surface area contributed by atoms with Crippen molar-refractivity contribution in [3.8, 4) is 0 Å². The van der Waals surface area contributed by atoms with Gasteiger partial charge >= 0.3 is 0 Å². The molecular weight excluding hydrogens is 272 g/mol. The highest BCUT2D eigenvalue weighted by Crippen LogP contribution is 2.43. The van der Waals surface area contributed by atoms with Crippen LogP contribution in [0, 0.1) is 0 Å². The fourth-order valence-electron chi connectivity index (χ4n) is 2.92. The van der Waals surface area contributed by atoms with Gasteiger partial charge in [-0.15, -0.1) is 11.8 Å². The van der Waals surface area contributed by atoms with E-state index in [4.69, 9.17) is 0 Å². The molecule has 3 aromatic carbocycles. The molecule has 21 heavy (non-hydrogen) atoms. The van der Waals surface area contributed by atoms with Gasteiger partial charge in [-0.2, -0.15) is 0 Å². The van der Waals surface area contributed by atoms with Gasteiger partial charge in [0.1, 0.15) is 0 Å². The number of thioether (sulfide) groups is 1. The van der Waals surface area contributed by atoms with Crippen molar-refractivity contribution in [1.82, 2.24) is 0 Å². The van der Waals surface area contributed by atoms with Crippen molar-refractivity contribution in [2.45, 2.75) is 16.6 Å². The first-order chi connectivity index (χ1) is 10.4. The Morgan fingerprint density at radius 2 is 1.52 bits per heavy atom. The van der Waals surface area contributed by atoms with Crippen LogP contribution in [0.25, 0.3) is 16.8 Å². The Bertz CT molecular complexity index is 802. The number of allylic oxidation sites excluding steroid dienone is 1. The van der Waals surface area contributed by atoms with Crippen LogP contribution in [0.2, 0.25) is 0 Å². The first-order valence-corrected chi connectivity index (χ1v) is 8.19. The zero-order valence-corrected chi connectivity index (χ0v) is 12.5. The Hall–Kier alpha value is -1.99. The van der Waals surface area contributed by atoms with Crippen molar-refractivity contribution in [2.24, 2.45) is 0 Å². The summed E-state index contributed by atoms with van der Waals surface area (Å²) < 4.78 is 0. The molecule has 0 amide bonds. The molecule has 0 heterocycles. The summed E-state index contributed by atoms with van der Waals surface area (Å²) >= 11 is 1.96. The molecule has 0 aliphatic heterocycles. The maximum atomic E-state index is 2.37. The second-order valence-electron chi connectivity index (χ2n) is 5.39. The summed E-state index contributed by atoms with van der Waals surface area (Å²) in [6.07, 6.45) is 5.67. The van der Waals surface area contributed by atoms with Crippen LogP contribution in [-0.4, -0.2) is 0 Å². The van der Waals surface area contributed by atoms with Gasteiger partial charge < -0.3 is 0 Å². The van der Waals surface area contributed by atoms with E-state index in [2.05, 4.69) is 78.9 Å². The molecule has 0 radical (unpaired) electrons. The van der Waals surface area contributed by atoms with Crippen LogP contribution >= 0.6 is 11.8 Å². The highest BCUT2D eigenvalue weighted by atomic mass is 32.2. The van der Waals surface area contributed by atoms with E-state index in [1.54, 1.807) is 0 Å². The standard InChI is InChI=1S/C20H16S/c1-2-10-18(11-3-1)21-20-12-6-9-17-13-15-7-4-5-8-16(15)14-19(17)20/h1-11,13-14,20H,12H2. The largest absolute Gasteiger partial charge is 0.118 e. The Morgan fingerprint density at radius 3 is 2.33 bits per heavy atom. The van der Waals surface area contributed by atoms with E-state index in [1.165, 1.54) is 26.8 Å². The minimum atomic E-state index is 0.511. The van der Waals surface area contributed by atoms with E-state index in [0.717, 1.165) is 6.42 Å². The Balaban J connectivity index is 1.76. The van der Waals surface area contributed by atoms with Crippen molar-refractivity contribution < 1.29 is 0 Å². The summed E-state index contributed by atoms with van der Waals surface area (Å²) in [6, 6.07) is 24.0. The molecule has 0 N–H and O–H groups in total. The molecule has 1 unspecified atom stereocenters. The van der Waals surface area contributed by atoms with Gasteiger partial charge in [-0.1, -0.05) is 54.6 Å².